The average Bonchev–Trinajstić information content (AvgIpc) is 2.79. The second-order valence-electron chi connectivity index (χ2n) is 5.76. The molecule has 1 aliphatic rings. The first-order chi connectivity index (χ1) is 11.5. The number of urea groups is 1. The second kappa shape index (κ2) is 6.60. The van der Waals surface area contributed by atoms with Crippen LogP contribution in [0.1, 0.15) is 16.8 Å². The normalized spacial score (nSPS) is 14.0. The monoisotopic (exact) mass is 350 g/mol. The molecule has 0 atom stereocenters. The molecule has 128 valence electrons. The molecule has 0 saturated carbocycles. The molecule has 24 heavy (non-hydrogen) atoms. The Labute approximate surface area is 143 Å². The van der Waals surface area contributed by atoms with Crippen molar-refractivity contribution in [2.45, 2.75) is 19.8 Å². The summed E-state index contributed by atoms with van der Waals surface area (Å²) in [4.78, 5) is 26.0. The summed E-state index contributed by atoms with van der Waals surface area (Å²) in [7, 11) is 1.53. The third-order valence-electron chi connectivity index (χ3n) is 4.24. The first-order valence-electron chi connectivity index (χ1n) is 7.68. The molecule has 0 unspecified atom stereocenters. The first-order valence-corrected chi connectivity index (χ1v) is 8.06. The van der Waals surface area contributed by atoms with Gasteiger partial charge in [-0.15, -0.1) is 0 Å². The smallest absolute Gasteiger partial charge is 0.321 e. The van der Waals surface area contributed by atoms with Crippen LogP contribution in [0.3, 0.4) is 0 Å². The van der Waals surface area contributed by atoms with Crippen molar-refractivity contribution in [1.29, 1.82) is 0 Å². The molecule has 3 rings (SSSR count). The topological polar surface area (TPSA) is 90.2 Å². The Bertz CT molecular complexity index is 827. The van der Waals surface area contributed by atoms with Crippen LogP contribution in [0.2, 0.25) is 5.02 Å². The van der Waals surface area contributed by atoms with Crippen molar-refractivity contribution in [3.8, 4) is 5.75 Å². The maximum Gasteiger partial charge on any atom is 0.321 e. The van der Waals surface area contributed by atoms with E-state index in [1.165, 1.54) is 7.11 Å². The van der Waals surface area contributed by atoms with Gasteiger partial charge in [-0.25, -0.2) is 4.79 Å². The van der Waals surface area contributed by atoms with Crippen LogP contribution in [0, 0.1) is 6.92 Å². The largest absolute Gasteiger partial charge is 0.495 e. The maximum absolute atomic E-state index is 12.6. The van der Waals surface area contributed by atoms with Gasteiger partial charge in [-0.2, -0.15) is 0 Å². The predicted molar refractivity (Wildman–Crippen MR) is 92.2 cm³/mol. The standard InChI is InChI=1S/C16H19ClN4O3/c1-9-7-13(14(24-2)8-11(9)17)18-16(23)21-5-3-10-12(4-6-21)19-20-15(10)22/h7-8H,3-6H2,1-2H3,(H,18,23)(H2,19,20,22). The van der Waals surface area contributed by atoms with Crippen LogP contribution in [0.15, 0.2) is 16.9 Å². The number of fused-ring (bicyclic) bond motifs is 1. The lowest BCUT2D eigenvalue weighted by molar-refractivity contribution is 0.214. The molecule has 0 spiro atoms. The SMILES string of the molecule is COc1cc(Cl)c(C)cc1NC(=O)N1CCc2[nH][nH]c(=O)c2CC1. The molecule has 1 aromatic carbocycles. The van der Waals surface area contributed by atoms with Gasteiger partial charge >= 0.3 is 6.03 Å². The number of aromatic nitrogens is 2. The number of hydrogen-bond donors (Lipinski definition) is 3. The zero-order valence-electron chi connectivity index (χ0n) is 13.5. The molecule has 0 aliphatic carbocycles. The fourth-order valence-corrected chi connectivity index (χ4v) is 2.98. The summed E-state index contributed by atoms with van der Waals surface area (Å²) < 4.78 is 5.28. The van der Waals surface area contributed by atoms with Crippen molar-refractivity contribution in [1.82, 2.24) is 15.1 Å². The van der Waals surface area contributed by atoms with Crippen molar-refractivity contribution in [2.24, 2.45) is 0 Å². The summed E-state index contributed by atoms with van der Waals surface area (Å²) in [6.45, 7) is 2.87. The maximum atomic E-state index is 12.6. The summed E-state index contributed by atoms with van der Waals surface area (Å²) in [6.07, 6.45) is 1.14. The highest BCUT2D eigenvalue weighted by atomic mass is 35.5. The van der Waals surface area contributed by atoms with E-state index in [9.17, 15) is 9.59 Å². The Morgan fingerprint density at radius 1 is 1.29 bits per heavy atom. The number of nitrogens with one attached hydrogen (secondary N) is 3. The number of amides is 2. The number of H-pyrrole nitrogens is 2. The van der Waals surface area contributed by atoms with Crippen molar-refractivity contribution >= 4 is 23.3 Å². The number of carbonyl (C=O) groups is 1. The van der Waals surface area contributed by atoms with Crippen LogP contribution in [-0.4, -0.2) is 41.3 Å². The highest BCUT2D eigenvalue weighted by Crippen LogP contribution is 2.31. The van der Waals surface area contributed by atoms with Gasteiger partial charge in [0.25, 0.3) is 5.56 Å². The van der Waals surface area contributed by atoms with Gasteiger partial charge in [-0.1, -0.05) is 11.6 Å². The van der Waals surface area contributed by atoms with Gasteiger partial charge in [0.1, 0.15) is 5.75 Å². The summed E-state index contributed by atoms with van der Waals surface area (Å²) in [5.41, 5.74) is 2.91. The Morgan fingerprint density at radius 3 is 2.79 bits per heavy atom. The van der Waals surface area contributed by atoms with Crippen molar-refractivity contribution < 1.29 is 9.53 Å². The molecule has 1 aromatic heterocycles. The van der Waals surface area contributed by atoms with Gasteiger partial charge in [0.15, 0.2) is 0 Å². The van der Waals surface area contributed by atoms with Gasteiger partial charge < -0.3 is 20.1 Å². The minimum absolute atomic E-state index is 0.109. The van der Waals surface area contributed by atoms with E-state index in [0.717, 1.165) is 16.8 Å². The van der Waals surface area contributed by atoms with E-state index >= 15 is 0 Å². The molecule has 0 bridgehead atoms. The van der Waals surface area contributed by atoms with E-state index in [4.69, 9.17) is 16.3 Å². The number of rotatable bonds is 2. The molecule has 3 N–H and O–H groups in total. The molecule has 2 heterocycles. The number of nitrogens with zero attached hydrogens (tertiary/aromatic N) is 1. The quantitative estimate of drug-likeness (QED) is 0.776. The van der Waals surface area contributed by atoms with E-state index in [1.807, 2.05) is 6.92 Å². The van der Waals surface area contributed by atoms with Gasteiger partial charge in [-0.05, 0) is 25.0 Å². The predicted octanol–water partition coefficient (Wildman–Crippen LogP) is 2.31. The van der Waals surface area contributed by atoms with E-state index in [-0.39, 0.29) is 11.6 Å². The van der Waals surface area contributed by atoms with Gasteiger partial charge in [-0.3, -0.25) is 9.89 Å². The number of aryl methyl sites for hydroxylation is 1. The van der Waals surface area contributed by atoms with Crippen LogP contribution >= 0.6 is 11.6 Å². The first kappa shape index (κ1) is 16.4. The Hall–Kier alpha value is -2.41. The number of carbonyl (C=O) groups excluding carboxylic acids is 1. The van der Waals surface area contributed by atoms with Crippen LogP contribution in [0.4, 0.5) is 10.5 Å². The lowest BCUT2D eigenvalue weighted by Crippen LogP contribution is -2.37. The van der Waals surface area contributed by atoms with Crippen molar-refractivity contribution in [3.63, 3.8) is 0 Å². The highest BCUT2D eigenvalue weighted by Gasteiger charge is 2.22. The number of ether oxygens (including phenoxy) is 1. The lowest BCUT2D eigenvalue weighted by atomic mass is 10.2. The number of benzene rings is 1. The molecule has 0 saturated heterocycles. The zero-order valence-corrected chi connectivity index (χ0v) is 14.3. The fourth-order valence-electron chi connectivity index (χ4n) is 2.83. The summed E-state index contributed by atoms with van der Waals surface area (Å²) in [5, 5.41) is 8.91. The average molecular weight is 351 g/mol. The van der Waals surface area contributed by atoms with Crippen LogP contribution in [-0.2, 0) is 12.8 Å². The number of methoxy groups -OCH3 is 1. The Morgan fingerprint density at radius 2 is 2.04 bits per heavy atom. The molecule has 0 fully saturated rings. The third-order valence-corrected chi connectivity index (χ3v) is 4.65. The number of anilines is 1. The molecule has 0 radical (unpaired) electrons. The summed E-state index contributed by atoms with van der Waals surface area (Å²) >= 11 is 6.09. The van der Waals surface area contributed by atoms with E-state index < -0.39 is 0 Å². The second-order valence-corrected chi connectivity index (χ2v) is 6.16. The summed E-state index contributed by atoms with van der Waals surface area (Å²) in [5.74, 6) is 0.510. The number of halogens is 1. The molecule has 2 aromatic rings. The molecule has 7 nitrogen and oxygen atoms in total. The molecular formula is C16H19ClN4O3. The van der Waals surface area contributed by atoms with Crippen molar-refractivity contribution in [2.75, 3.05) is 25.5 Å². The fraction of sp³-hybridized carbons (Fsp3) is 0.375. The Balaban J connectivity index is 1.74. The molecule has 1 aliphatic heterocycles. The Kier molecular flexibility index (Phi) is 4.53. The minimum atomic E-state index is -0.225. The number of aromatic amines is 2. The van der Waals surface area contributed by atoms with Gasteiger partial charge in [0, 0.05) is 41.9 Å². The zero-order chi connectivity index (χ0) is 17.3. The van der Waals surface area contributed by atoms with E-state index in [0.29, 0.717) is 42.4 Å². The third kappa shape index (κ3) is 3.12. The molecule has 8 heteroatoms. The molecular weight excluding hydrogens is 332 g/mol. The van der Waals surface area contributed by atoms with Crippen molar-refractivity contribution in [3.05, 3.63) is 44.3 Å². The van der Waals surface area contributed by atoms with Gasteiger partial charge in [0.2, 0.25) is 0 Å². The lowest BCUT2D eigenvalue weighted by Gasteiger charge is -2.22. The number of hydrogen-bond acceptors (Lipinski definition) is 3. The van der Waals surface area contributed by atoms with Crippen LogP contribution in [0.5, 0.6) is 5.75 Å². The van der Waals surface area contributed by atoms with Crippen LogP contribution in [0.25, 0.3) is 0 Å². The molecule has 2 amide bonds. The van der Waals surface area contributed by atoms with Gasteiger partial charge in [0.05, 0.1) is 12.8 Å². The minimum Gasteiger partial charge on any atom is -0.495 e. The van der Waals surface area contributed by atoms with Crippen LogP contribution < -0.4 is 15.6 Å². The highest BCUT2D eigenvalue weighted by molar-refractivity contribution is 6.31. The van der Waals surface area contributed by atoms with E-state index in [2.05, 4.69) is 15.5 Å². The van der Waals surface area contributed by atoms with E-state index in [1.54, 1.807) is 17.0 Å². The summed E-state index contributed by atoms with van der Waals surface area (Å²) in [6, 6.07) is 3.24.